The van der Waals surface area contributed by atoms with Gasteiger partial charge in [0, 0.05) is 33.5 Å². The lowest BCUT2D eigenvalue weighted by Gasteiger charge is -2.29. The Morgan fingerprint density at radius 2 is 1.33 bits per heavy atom. The Kier molecular flexibility index (Phi) is 6.01. The highest BCUT2D eigenvalue weighted by Gasteiger charge is 2.44. The van der Waals surface area contributed by atoms with Crippen LogP contribution in [-0.4, -0.2) is 16.2 Å². The number of aliphatic imine (C=N–C) groups is 2. The molecule has 1 aromatic heterocycles. The van der Waals surface area contributed by atoms with Gasteiger partial charge in [0.1, 0.15) is 11.7 Å². The zero-order valence-electron chi connectivity index (χ0n) is 25.9. The highest BCUT2D eigenvalue weighted by atomic mass is 15.2. The van der Waals surface area contributed by atoms with Crippen molar-refractivity contribution in [2.75, 3.05) is 0 Å². The number of nitrogens with zero attached hydrogens (tertiary/aromatic N) is 3. The molecular weight excluding hydrogens is 560 g/mol. The van der Waals surface area contributed by atoms with Gasteiger partial charge in [-0.15, -0.1) is 0 Å². The van der Waals surface area contributed by atoms with E-state index in [4.69, 9.17) is 9.98 Å². The van der Waals surface area contributed by atoms with Crippen LogP contribution in [0, 0.1) is 5.92 Å². The first-order valence-corrected chi connectivity index (χ1v) is 16.1. The van der Waals surface area contributed by atoms with Crippen molar-refractivity contribution in [3.8, 4) is 5.69 Å². The molecule has 0 amide bonds. The molecule has 46 heavy (non-hydrogen) atoms. The minimum Gasteiger partial charge on any atom is -0.324 e. The highest BCUT2D eigenvalue weighted by molar-refractivity contribution is 6.16. The van der Waals surface area contributed by atoms with E-state index in [0.717, 1.165) is 34.0 Å². The first kappa shape index (κ1) is 26.9. The van der Waals surface area contributed by atoms with Crippen LogP contribution in [0.2, 0.25) is 0 Å². The summed E-state index contributed by atoms with van der Waals surface area (Å²) in [5.41, 5.74) is 9.63. The van der Waals surface area contributed by atoms with E-state index in [2.05, 4.69) is 133 Å². The van der Waals surface area contributed by atoms with Gasteiger partial charge >= 0.3 is 0 Å². The van der Waals surface area contributed by atoms with Crippen LogP contribution < -0.4 is 5.32 Å². The van der Waals surface area contributed by atoms with Gasteiger partial charge in [0.25, 0.3) is 0 Å². The molecule has 4 heteroatoms. The summed E-state index contributed by atoms with van der Waals surface area (Å²) in [6.07, 6.45) is 8.89. The summed E-state index contributed by atoms with van der Waals surface area (Å²) < 4.78 is 2.43. The molecule has 4 nitrogen and oxygen atoms in total. The summed E-state index contributed by atoms with van der Waals surface area (Å²) in [6, 6.07) is 43.1. The third-order valence-corrected chi connectivity index (χ3v) is 10.1. The molecule has 2 heterocycles. The standard InChI is InChI=1S/C42H34N4/c1-42(2)35-22-11-9-20-31(35)33-25-34-32-21-10-12-23-37(32)46(38(34)26-36(33)42)30-19-13-18-29(24-30)41-44-39(27-14-5-3-6-15-27)43-40(45-41)28-16-7-4-8-17-28/h3-26,31,35,39H,1-2H3,(H,43,44,45). The predicted molar refractivity (Wildman–Crippen MR) is 190 cm³/mol. The van der Waals surface area contributed by atoms with E-state index in [1.165, 1.54) is 32.9 Å². The van der Waals surface area contributed by atoms with Crippen molar-refractivity contribution in [2.24, 2.45) is 15.9 Å². The van der Waals surface area contributed by atoms with E-state index in [9.17, 15) is 0 Å². The molecule has 2 aliphatic carbocycles. The number of rotatable bonds is 4. The van der Waals surface area contributed by atoms with E-state index in [0.29, 0.717) is 11.8 Å². The number of allylic oxidation sites excluding steroid dienone is 4. The molecule has 1 N–H and O–H groups in total. The molecule has 1 aliphatic heterocycles. The largest absolute Gasteiger partial charge is 0.324 e. The summed E-state index contributed by atoms with van der Waals surface area (Å²) in [6.45, 7) is 4.81. The second-order valence-electron chi connectivity index (χ2n) is 13.1. The van der Waals surface area contributed by atoms with Crippen molar-refractivity contribution in [2.45, 2.75) is 31.3 Å². The molecule has 0 saturated heterocycles. The topological polar surface area (TPSA) is 41.7 Å². The van der Waals surface area contributed by atoms with Crippen LogP contribution in [0.15, 0.2) is 156 Å². The fourth-order valence-corrected chi connectivity index (χ4v) is 7.82. The highest BCUT2D eigenvalue weighted by Crippen LogP contribution is 2.54. The van der Waals surface area contributed by atoms with Crippen molar-refractivity contribution >= 4 is 33.5 Å². The Labute approximate surface area is 269 Å². The summed E-state index contributed by atoms with van der Waals surface area (Å²) in [5, 5.41) is 6.16. The van der Waals surface area contributed by atoms with E-state index < -0.39 is 0 Å². The second-order valence-corrected chi connectivity index (χ2v) is 13.1. The van der Waals surface area contributed by atoms with Crippen molar-refractivity contribution in [1.82, 2.24) is 9.88 Å². The average molecular weight is 595 g/mol. The minimum atomic E-state index is -0.332. The summed E-state index contributed by atoms with van der Waals surface area (Å²) in [7, 11) is 0. The van der Waals surface area contributed by atoms with Gasteiger partial charge in [-0.05, 0) is 58.4 Å². The van der Waals surface area contributed by atoms with Crippen LogP contribution in [0.25, 0.3) is 27.5 Å². The molecule has 0 saturated carbocycles. The quantitative estimate of drug-likeness (QED) is 0.217. The predicted octanol–water partition coefficient (Wildman–Crippen LogP) is 9.40. The lowest BCUT2D eigenvalue weighted by molar-refractivity contribution is 0.394. The van der Waals surface area contributed by atoms with Crippen molar-refractivity contribution < 1.29 is 0 Å². The molecule has 3 aliphatic rings. The molecule has 0 bridgehead atoms. The molecule has 6 aromatic rings. The number of para-hydroxylation sites is 1. The lowest BCUT2D eigenvalue weighted by atomic mass is 9.74. The summed E-state index contributed by atoms with van der Waals surface area (Å²) in [5.74, 6) is 2.52. The Morgan fingerprint density at radius 1 is 0.630 bits per heavy atom. The first-order valence-electron chi connectivity index (χ1n) is 16.1. The Morgan fingerprint density at radius 3 is 2.15 bits per heavy atom. The summed E-state index contributed by atoms with van der Waals surface area (Å²) in [4.78, 5) is 10.2. The average Bonchev–Trinajstić information content (AvgIpc) is 3.56. The van der Waals surface area contributed by atoms with Gasteiger partial charge in [0.05, 0.1) is 11.0 Å². The number of aromatic nitrogens is 1. The zero-order chi connectivity index (χ0) is 30.8. The Bertz CT molecular complexity index is 2270. The molecule has 0 radical (unpaired) electrons. The van der Waals surface area contributed by atoms with Crippen LogP contribution in [0.4, 0.5) is 0 Å². The number of amidine groups is 2. The maximum absolute atomic E-state index is 5.15. The number of benzene rings is 5. The van der Waals surface area contributed by atoms with E-state index in [1.807, 2.05) is 36.4 Å². The fourth-order valence-electron chi connectivity index (χ4n) is 7.82. The second kappa shape index (κ2) is 10.3. The van der Waals surface area contributed by atoms with E-state index in [-0.39, 0.29) is 11.6 Å². The van der Waals surface area contributed by atoms with Gasteiger partial charge in [-0.2, -0.15) is 0 Å². The van der Waals surface area contributed by atoms with Gasteiger partial charge in [-0.3, -0.25) is 0 Å². The third-order valence-electron chi connectivity index (χ3n) is 10.1. The van der Waals surface area contributed by atoms with Crippen molar-refractivity contribution in [1.29, 1.82) is 0 Å². The molecule has 0 fully saturated rings. The minimum absolute atomic E-state index is 0.0406. The molecule has 9 rings (SSSR count). The van der Waals surface area contributed by atoms with Gasteiger partial charge in [0.2, 0.25) is 0 Å². The van der Waals surface area contributed by atoms with E-state index in [1.54, 1.807) is 0 Å². The van der Waals surface area contributed by atoms with Gasteiger partial charge in [0.15, 0.2) is 6.17 Å². The lowest BCUT2D eigenvalue weighted by Crippen LogP contribution is -2.36. The Balaban J connectivity index is 1.21. The number of hydrogen-bond acceptors (Lipinski definition) is 3. The van der Waals surface area contributed by atoms with E-state index >= 15 is 0 Å². The number of fused-ring (bicyclic) bond motifs is 6. The fraction of sp³-hybridized carbons (Fsp3) is 0.143. The third kappa shape index (κ3) is 4.13. The normalized spacial score (nSPS) is 21.0. The van der Waals surface area contributed by atoms with Gasteiger partial charge in [-0.25, -0.2) is 9.98 Å². The van der Waals surface area contributed by atoms with Crippen LogP contribution >= 0.6 is 0 Å². The molecule has 5 aromatic carbocycles. The maximum Gasteiger partial charge on any atom is 0.169 e. The van der Waals surface area contributed by atoms with Gasteiger partial charge < -0.3 is 9.88 Å². The maximum atomic E-state index is 5.15. The van der Waals surface area contributed by atoms with Crippen LogP contribution in [0.3, 0.4) is 0 Å². The van der Waals surface area contributed by atoms with Crippen LogP contribution in [0.5, 0.6) is 0 Å². The molecule has 3 atom stereocenters. The SMILES string of the molecule is CC1(C)c2cc3c(cc2C2C=CC=CC21)c1ccccc1n3-c1cccc(C2=NC(c3ccccc3)N=C(c3ccccc3)N2)c1. The van der Waals surface area contributed by atoms with Crippen molar-refractivity contribution in [3.05, 3.63) is 173 Å². The molecular formula is C42H34N4. The first-order chi connectivity index (χ1) is 22.6. The number of nitrogens with one attached hydrogen (secondary N) is 1. The number of hydrogen-bond donors (Lipinski definition) is 1. The van der Waals surface area contributed by atoms with Gasteiger partial charge in [-0.1, -0.05) is 129 Å². The smallest absolute Gasteiger partial charge is 0.169 e. The zero-order valence-corrected chi connectivity index (χ0v) is 25.9. The monoisotopic (exact) mass is 594 g/mol. The molecule has 222 valence electrons. The van der Waals surface area contributed by atoms with Crippen molar-refractivity contribution in [3.63, 3.8) is 0 Å². The van der Waals surface area contributed by atoms with Crippen LogP contribution in [0.1, 0.15) is 53.7 Å². The molecule has 0 spiro atoms. The van der Waals surface area contributed by atoms with Crippen LogP contribution in [-0.2, 0) is 5.41 Å². The summed E-state index contributed by atoms with van der Waals surface area (Å²) >= 11 is 0. The Hall–Kier alpha value is -5.48. The molecule has 3 unspecified atom stereocenters.